The Kier molecular flexibility index (Phi) is 5.01. The van der Waals surface area contributed by atoms with E-state index < -0.39 is 10.7 Å². The molecule has 7 nitrogen and oxygen atoms in total. The highest BCUT2D eigenvalue weighted by Gasteiger charge is 2.48. The van der Waals surface area contributed by atoms with Crippen LogP contribution in [0.1, 0.15) is 18.4 Å². The molecule has 8 heteroatoms. The van der Waals surface area contributed by atoms with Crippen molar-refractivity contribution in [2.45, 2.75) is 17.6 Å². The third-order valence-electron chi connectivity index (χ3n) is 6.09. The highest BCUT2D eigenvalue weighted by Crippen LogP contribution is 2.55. The van der Waals surface area contributed by atoms with Crippen LogP contribution >= 0.6 is 11.8 Å². The van der Waals surface area contributed by atoms with Gasteiger partial charge in [-0.25, -0.2) is 4.79 Å². The predicted octanol–water partition coefficient (Wildman–Crippen LogP) is 3.83. The average molecular weight is 446 g/mol. The third-order valence-corrected chi connectivity index (χ3v) is 7.67. The zero-order valence-corrected chi connectivity index (χ0v) is 18.2. The highest BCUT2D eigenvalue weighted by atomic mass is 32.2. The van der Waals surface area contributed by atoms with Gasteiger partial charge in [0.25, 0.3) is 0 Å². The fraction of sp³-hybridized carbons (Fsp3) is 0.208. The van der Waals surface area contributed by atoms with Crippen molar-refractivity contribution in [3.05, 3.63) is 76.8 Å². The normalized spacial score (nSPS) is 20.3. The van der Waals surface area contributed by atoms with Gasteiger partial charge in [-0.1, -0.05) is 42.0 Å². The van der Waals surface area contributed by atoms with Crippen LogP contribution in [0.3, 0.4) is 0 Å². The molecule has 0 spiro atoms. The van der Waals surface area contributed by atoms with Gasteiger partial charge in [0.05, 0.1) is 23.9 Å². The number of nitrogens with zero attached hydrogens (tertiary/aromatic N) is 2. The predicted molar refractivity (Wildman–Crippen MR) is 128 cm³/mol. The number of hydrogen-bond donors (Lipinski definition) is 3. The Morgan fingerprint density at radius 1 is 1.12 bits per heavy atom. The molecule has 1 aromatic heterocycles. The number of rotatable bonds is 3. The molecule has 0 radical (unpaired) electrons. The number of thioether (sulfide) groups is 1. The molecule has 0 bridgehead atoms. The number of urea groups is 1. The van der Waals surface area contributed by atoms with Crippen molar-refractivity contribution in [3.63, 3.8) is 0 Å². The van der Waals surface area contributed by atoms with Crippen molar-refractivity contribution >= 4 is 46.0 Å². The van der Waals surface area contributed by atoms with Gasteiger partial charge >= 0.3 is 6.03 Å². The third kappa shape index (κ3) is 3.46. The summed E-state index contributed by atoms with van der Waals surface area (Å²) in [6, 6.07) is 16.8. The topological polar surface area (TPSA) is 114 Å². The molecule has 162 valence electrons. The number of aromatic nitrogens is 1. The van der Waals surface area contributed by atoms with Gasteiger partial charge in [-0.2, -0.15) is 0 Å². The number of anilines is 2. The molecule has 0 fully saturated rings. The number of pyridine rings is 1. The quantitative estimate of drug-likeness (QED) is 0.530. The fourth-order valence-electron chi connectivity index (χ4n) is 4.41. The van der Waals surface area contributed by atoms with Crippen molar-refractivity contribution in [2.24, 2.45) is 5.73 Å². The van der Waals surface area contributed by atoms with E-state index in [4.69, 9.17) is 11.5 Å². The van der Waals surface area contributed by atoms with Gasteiger partial charge in [0.1, 0.15) is 4.75 Å². The number of nitrogen functional groups attached to an aromatic ring is 1. The number of carbonyl (C=O) groups excluding carboxylic acids is 2. The number of primary amides is 1. The van der Waals surface area contributed by atoms with E-state index in [-0.39, 0.29) is 6.03 Å². The first-order valence-corrected chi connectivity index (χ1v) is 11.2. The standard InChI is InChI=1S/C24H23N5O2S/c25-19-7-3-2-6-18(19)24(22(26)30)12-16-9-10-29(14-21(16)32-24)23(31)28-17-11-15-5-1-4-8-20(15)27-13-17/h1-8,11,13H,9-10,12,14,25H2,(H2,26,30)(H,28,31). The van der Waals surface area contributed by atoms with Crippen molar-refractivity contribution in [1.82, 2.24) is 9.88 Å². The fourth-order valence-corrected chi connectivity index (χ4v) is 6.01. The summed E-state index contributed by atoms with van der Waals surface area (Å²) in [4.78, 5) is 32.7. The van der Waals surface area contributed by atoms with Crippen LogP contribution in [0, 0.1) is 0 Å². The molecule has 3 amide bonds. The van der Waals surface area contributed by atoms with Crippen LogP contribution in [-0.2, 0) is 9.54 Å². The van der Waals surface area contributed by atoms with Crippen LogP contribution in [0.15, 0.2) is 71.3 Å². The van der Waals surface area contributed by atoms with Gasteiger partial charge in [-0.3, -0.25) is 9.78 Å². The molecule has 2 aromatic carbocycles. The second kappa shape index (κ2) is 7.87. The molecule has 2 aliphatic heterocycles. The Balaban J connectivity index is 1.33. The van der Waals surface area contributed by atoms with E-state index in [0.717, 1.165) is 21.4 Å². The summed E-state index contributed by atoms with van der Waals surface area (Å²) in [5.41, 5.74) is 16.1. The molecular formula is C24H23N5O2S. The Labute approximate surface area is 189 Å². The van der Waals surface area contributed by atoms with Crippen LogP contribution in [-0.4, -0.2) is 34.9 Å². The minimum Gasteiger partial charge on any atom is -0.398 e. The maximum absolute atomic E-state index is 13.0. The van der Waals surface area contributed by atoms with Crippen LogP contribution < -0.4 is 16.8 Å². The van der Waals surface area contributed by atoms with E-state index in [0.29, 0.717) is 37.3 Å². The zero-order valence-electron chi connectivity index (χ0n) is 17.4. The molecule has 0 saturated carbocycles. The van der Waals surface area contributed by atoms with Crippen molar-refractivity contribution in [2.75, 3.05) is 24.1 Å². The lowest BCUT2D eigenvalue weighted by Crippen LogP contribution is -2.39. The summed E-state index contributed by atoms with van der Waals surface area (Å²) in [6.07, 6.45) is 2.89. The maximum Gasteiger partial charge on any atom is 0.322 e. The first-order valence-electron chi connectivity index (χ1n) is 10.4. The first-order chi connectivity index (χ1) is 15.5. The Morgan fingerprint density at radius 2 is 1.91 bits per heavy atom. The van der Waals surface area contributed by atoms with Gasteiger partial charge in [-0.05, 0) is 31.0 Å². The highest BCUT2D eigenvalue weighted by molar-refractivity contribution is 8.05. The molecular weight excluding hydrogens is 422 g/mol. The van der Waals surface area contributed by atoms with Crippen molar-refractivity contribution in [3.8, 4) is 0 Å². The SMILES string of the molecule is NC(=O)C1(c2ccccc2N)CC2=C(CN(C(=O)Nc3cnc4ccccc4c3)CC2)S1. The molecule has 32 heavy (non-hydrogen) atoms. The molecule has 3 heterocycles. The Morgan fingerprint density at radius 3 is 2.72 bits per heavy atom. The van der Waals surface area contributed by atoms with Crippen molar-refractivity contribution in [1.29, 1.82) is 0 Å². The van der Waals surface area contributed by atoms with Crippen LogP contribution in [0.25, 0.3) is 10.9 Å². The molecule has 3 aromatic rings. The second-order valence-corrected chi connectivity index (χ2v) is 9.50. The number of amides is 3. The largest absolute Gasteiger partial charge is 0.398 e. The number of nitrogens with two attached hydrogens (primary N) is 2. The van der Waals surface area contributed by atoms with Gasteiger partial charge in [0.2, 0.25) is 5.91 Å². The van der Waals surface area contributed by atoms with E-state index in [9.17, 15) is 9.59 Å². The summed E-state index contributed by atoms with van der Waals surface area (Å²) in [7, 11) is 0. The summed E-state index contributed by atoms with van der Waals surface area (Å²) >= 11 is 1.44. The monoisotopic (exact) mass is 445 g/mol. The number of benzene rings is 2. The molecule has 0 saturated heterocycles. The van der Waals surface area contributed by atoms with Gasteiger partial charge in [0.15, 0.2) is 0 Å². The van der Waals surface area contributed by atoms with Crippen LogP contribution in [0.4, 0.5) is 16.2 Å². The maximum atomic E-state index is 13.0. The summed E-state index contributed by atoms with van der Waals surface area (Å²) in [5.74, 6) is -0.409. The van der Waals surface area contributed by atoms with Gasteiger partial charge < -0.3 is 21.7 Å². The van der Waals surface area contributed by atoms with Crippen molar-refractivity contribution < 1.29 is 9.59 Å². The van der Waals surface area contributed by atoms with Gasteiger partial charge in [-0.15, -0.1) is 11.8 Å². The van der Waals surface area contributed by atoms with E-state index in [2.05, 4.69) is 10.3 Å². The molecule has 2 aliphatic rings. The number of hydrogen-bond acceptors (Lipinski definition) is 5. The lowest BCUT2D eigenvalue weighted by Gasteiger charge is -2.28. The molecule has 1 unspecified atom stereocenters. The summed E-state index contributed by atoms with van der Waals surface area (Å²) in [5, 5.41) is 3.91. The van der Waals surface area contributed by atoms with Gasteiger partial charge in [0, 0.05) is 28.1 Å². The summed E-state index contributed by atoms with van der Waals surface area (Å²) < 4.78 is -0.926. The van der Waals surface area contributed by atoms with E-state index in [1.165, 1.54) is 17.3 Å². The average Bonchev–Trinajstić information content (AvgIpc) is 3.19. The minimum atomic E-state index is -0.926. The molecule has 5 rings (SSSR count). The van der Waals surface area contributed by atoms with E-state index in [1.807, 2.05) is 48.5 Å². The number of fused-ring (bicyclic) bond motifs is 1. The molecule has 1 atom stereocenters. The van der Waals surface area contributed by atoms with E-state index in [1.54, 1.807) is 17.2 Å². The Bertz CT molecular complexity index is 1270. The Hall–Kier alpha value is -3.52. The van der Waals surface area contributed by atoms with Crippen LogP contribution in [0.5, 0.6) is 0 Å². The zero-order chi connectivity index (χ0) is 22.3. The first kappa shape index (κ1) is 20.4. The van der Waals surface area contributed by atoms with E-state index >= 15 is 0 Å². The minimum absolute atomic E-state index is 0.190. The van der Waals surface area contributed by atoms with Crippen LogP contribution in [0.2, 0.25) is 0 Å². The number of nitrogens with one attached hydrogen (secondary N) is 1. The summed E-state index contributed by atoms with van der Waals surface area (Å²) in [6.45, 7) is 1.01. The molecule has 0 aliphatic carbocycles. The molecule has 5 N–H and O–H groups in total. The lowest BCUT2D eigenvalue weighted by molar-refractivity contribution is -0.120. The number of carbonyl (C=O) groups is 2. The lowest BCUT2D eigenvalue weighted by atomic mass is 9.87. The smallest absolute Gasteiger partial charge is 0.322 e. The number of para-hydroxylation sites is 2. The second-order valence-electron chi connectivity index (χ2n) is 8.10.